The summed E-state index contributed by atoms with van der Waals surface area (Å²) in [7, 11) is 1.35. The van der Waals surface area contributed by atoms with Crippen molar-refractivity contribution in [3.05, 3.63) is 57.5 Å². The van der Waals surface area contributed by atoms with Crippen molar-refractivity contribution >= 4 is 47.0 Å². The first-order valence-electron chi connectivity index (χ1n) is 7.61. The molecule has 1 aromatic heterocycles. The van der Waals surface area contributed by atoms with Crippen LogP contribution in [0.3, 0.4) is 0 Å². The van der Waals surface area contributed by atoms with Crippen LogP contribution < -0.4 is 10.1 Å². The van der Waals surface area contributed by atoms with Crippen LogP contribution in [0.2, 0.25) is 10.0 Å². The van der Waals surface area contributed by atoms with E-state index < -0.39 is 24.3 Å². The molecule has 0 fully saturated rings. The monoisotopic (exact) mass is 412 g/mol. The molecule has 0 spiro atoms. The number of halogens is 3. The van der Waals surface area contributed by atoms with E-state index >= 15 is 0 Å². The number of aromatic nitrogens is 1. The first-order valence-corrected chi connectivity index (χ1v) is 8.36. The molecular weight excluding hydrogens is 398 g/mol. The van der Waals surface area contributed by atoms with Gasteiger partial charge in [0, 0.05) is 6.08 Å². The van der Waals surface area contributed by atoms with Crippen molar-refractivity contribution in [1.29, 1.82) is 0 Å². The number of anilines is 1. The molecule has 0 unspecified atom stereocenters. The molecule has 0 radical (unpaired) electrons. The number of hydrogen-bond donors (Lipinski definition) is 1. The number of nitrogens with one attached hydrogen (secondary N) is 1. The summed E-state index contributed by atoms with van der Waals surface area (Å²) in [4.78, 5) is 27.6. The summed E-state index contributed by atoms with van der Waals surface area (Å²) in [5.41, 5.74) is 0.922. The van der Waals surface area contributed by atoms with E-state index in [0.717, 1.165) is 6.08 Å². The Hall–Kier alpha value is -2.64. The Bertz CT molecular complexity index is 903. The lowest BCUT2D eigenvalue weighted by molar-refractivity contribution is -0.142. The summed E-state index contributed by atoms with van der Waals surface area (Å²) in [6.07, 6.45) is 2.43. The molecule has 1 N–H and O–H groups in total. The highest BCUT2D eigenvalue weighted by Crippen LogP contribution is 2.25. The summed E-state index contributed by atoms with van der Waals surface area (Å²) in [5.74, 6) is -1.74. The van der Waals surface area contributed by atoms with E-state index in [4.69, 9.17) is 32.7 Å². The van der Waals surface area contributed by atoms with E-state index in [0.29, 0.717) is 16.3 Å². The van der Waals surface area contributed by atoms with Crippen LogP contribution in [-0.2, 0) is 14.3 Å². The van der Waals surface area contributed by atoms with Crippen LogP contribution in [-0.4, -0.2) is 30.6 Å². The number of rotatable bonds is 6. The molecule has 1 amide bonds. The Kier molecular flexibility index (Phi) is 7.15. The smallest absolute Gasteiger partial charge is 0.331 e. The van der Waals surface area contributed by atoms with Crippen molar-refractivity contribution in [3.63, 3.8) is 0 Å². The number of pyridine rings is 1. The van der Waals surface area contributed by atoms with E-state index in [1.807, 2.05) is 0 Å². The molecule has 0 aliphatic heterocycles. The highest BCUT2D eigenvalue weighted by molar-refractivity contribution is 6.36. The van der Waals surface area contributed by atoms with Gasteiger partial charge in [-0.1, -0.05) is 29.3 Å². The van der Waals surface area contributed by atoms with Gasteiger partial charge in [-0.3, -0.25) is 4.79 Å². The lowest BCUT2D eigenvalue weighted by Gasteiger charge is -2.08. The van der Waals surface area contributed by atoms with Crippen molar-refractivity contribution < 1.29 is 23.5 Å². The second-order valence-electron chi connectivity index (χ2n) is 5.27. The molecule has 9 heteroatoms. The minimum Gasteiger partial charge on any atom is -0.494 e. The molecule has 27 heavy (non-hydrogen) atoms. The summed E-state index contributed by atoms with van der Waals surface area (Å²) < 4.78 is 23.2. The zero-order valence-corrected chi connectivity index (χ0v) is 15.9. The van der Waals surface area contributed by atoms with Gasteiger partial charge in [-0.25, -0.2) is 14.2 Å². The molecule has 6 nitrogen and oxygen atoms in total. The van der Waals surface area contributed by atoms with E-state index in [-0.39, 0.29) is 16.6 Å². The molecule has 2 aromatic rings. The number of ether oxygens (including phenoxy) is 2. The normalized spacial score (nSPS) is 10.7. The average Bonchev–Trinajstić information content (AvgIpc) is 2.63. The lowest BCUT2D eigenvalue weighted by Crippen LogP contribution is -2.21. The van der Waals surface area contributed by atoms with Crippen LogP contribution in [0, 0.1) is 12.7 Å². The Morgan fingerprint density at radius 2 is 2.00 bits per heavy atom. The molecular formula is C18H15Cl2FN2O4. The number of benzene rings is 1. The molecule has 2 rings (SSSR count). The second-order valence-corrected chi connectivity index (χ2v) is 6.08. The molecule has 0 saturated carbocycles. The minimum atomic E-state index is -0.771. The molecule has 1 aromatic carbocycles. The van der Waals surface area contributed by atoms with E-state index in [1.165, 1.54) is 31.4 Å². The Morgan fingerprint density at radius 1 is 1.26 bits per heavy atom. The maximum atomic E-state index is 13.6. The van der Waals surface area contributed by atoms with Crippen LogP contribution in [0.25, 0.3) is 6.08 Å². The summed E-state index contributed by atoms with van der Waals surface area (Å²) in [6, 6.07) is 5.64. The third-order valence-electron chi connectivity index (χ3n) is 3.30. The van der Waals surface area contributed by atoms with Crippen molar-refractivity contribution in [3.8, 4) is 5.75 Å². The first-order chi connectivity index (χ1) is 12.8. The SMILES string of the molecule is COc1ccc(/C=C/C(=O)OCC(=O)Nc2nc(C)c(Cl)cc2Cl)cc1F. The predicted octanol–water partition coefficient (Wildman–Crippen LogP) is 4.04. The van der Waals surface area contributed by atoms with Gasteiger partial charge in [-0.05, 0) is 36.8 Å². The summed E-state index contributed by atoms with van der Waals surface area (Å²) in [5, 5.41) is 2.95. The predicted molar refractivity (Wildman–Crippen MR) is 101 cm³/mol. The molecule has 142 valence electrons. The molecule has 0 aliphatic rings. The van der Waals surface area contributed by atoms with Gasteiger partial charge in [-0.15, -0.1) is 0 Å². The standard InChI is InChI=1S/C18H15Cl2FN2O4/c1-10-12(19)8-13(20)18(22-10)23-16(24)9-27-17(25)6-4-11-3-5-15(26-2)14(21)7-11/h3-8H,9H2,1-2H3,(H,22,23,24)/b6-4+. The molecule has 1 heterocycles. The molecule has 0 aliphatic carbocycles. The number of esters is 1. The maximum absolute atomic E-state index is 13.6. The topological polar surface area (TPSA) is 77.5 Å². The Labute approximate surface area is 164 Å². The number of amides is 1. The van der Waals surface area contributed by atoms with Gasteiger partial charge in [0.15, 0.2) is 24.0 Å². The zero-order chi connectivity index (χ0) is 20.0. The number of carbonyl (C=O) groups is 2. The van der Waals surface area contributed by atoms with Crippen molar-refractivity contribution in [2.75, 3.05) is 19.0 Å². The van der Waals surface area contributed by atoms with Gasteiger partial charge in [0.05, 0.1) is 22.8 Å². The highest BCUT2D eigenvalue weighted by Gasteiger charge is 2.11. The van der Waals surface area contributed by atoms with Crippen LogP contribution in [0.15, 0.2) is 30.3 Å². The number of nitrogens with zero attached hydrogens (tertiary/aromatic N) is 1. The maximum Gasteiger partial charge on any atom is 0.331 e. The quantitative estimate of drug-likeness (QED) is 0.572. The van der Waals surface area contributed by atoms with Crippen molar-refractivity contribution in [2.45, 2.75) is 6.92 Å². The fourth-order valence-corrected chi connectivity index (χ4v) is 2.36. The molecule has 0 saturated heterocycles. The molecule has 0 bridgehead atoms. The number of carbonyl (C=O) groups excluding carboxylic acids is 2. The Morgan fingerprint density at radius 3 is 2.67 bits per heavy atom. The Balaban J connectivity index is 1.89. The van der Waals surface area contributed by atoms with Crippen LogP contribution in [0.1, 0.15) is 11.3 Å². The van der Waals surface area contributed by atoms with Gasteiger partial charge in [0.2, 0.25) is 0 Å². The van der Waals surface area contributed by atoms with Crippen LogP contribution in [0.5, 0.6) is 5.75 Å². The van der Waals surface area contributed by atoms with Crippen LogP contribution >= 0.6 is 23.2 Å². The van der Waals surface area contributed by atoms with Gasteiger partial charge in [0.1, 0.15) is 0 Å². The van der Waals surface area contributed by atoms with E-state index in [2.05, 4.69) is 10.3 Å². The average molecular weight is 413 g/mol. The number of hydrogen-bond acceptors (Lipinski definition) is 5. The first kappa shape index (κ1) is 20.7. The minimum absolute atomic E-state index is 0.0936. The number of aryl methyl sites for hydroxylation is 1. The van der Waals surface area contributed by atoms with Gasteiger partial charge < -0.3 is 14.8 Å². The fraction of sp³-hybridized carbons (Fsp3) is 0.167. The number of methoxy groups -OCH3 is 1. The van der Waals surface area contributed by atoms with E-state index in [9.17, 15) is 14.0 Å². The largest absolute Gasteiger partial charge is 0.494 e. The highest BCUT2D eigenvalue weighted by atomic mass is 35.5. The fourth-order valence-electron chi connectivity index (χ4n) is 1.95. The second kappa shape index (κ2) is 9.34. The van der Waals surface area contributed by atoms with Gasteiger partial charge in [-0.2, -0.15) is 0 Å². The van der Waals surface area contributed by atoms with Crippen LogP contribution in [0.4, 0.5) is 10.2 Å². The van der Waals surface area contributed by atoms with E-state index in [1.54, 1.807) is 13.0 Å². The zero-order valence-electron chi connectivity index (χ0n) is 14.4. The third-order valence-corrected chi connectivity index (χ3v) is 3.97. The van der Waals surface area contributed by atoms with Gasteiger partial charge in [0.25, 0.3) is 5.91 Å². The summed E-state index contributed by atoms with van der Waals surface area (Å²) in [6.45, 7) is 1.11. The lowest BCUT2D eigenvalue weighted by atomic mass is 10.2. The van der Waals surface area contributed by atoms with Crippen molar-refractivity contribution in [1.82, 2.24) is 4.98 Å². The van der Waals surface area contributed by atoms with Gasteiger partial charge >= 0.3 is 5.97 Å². The molecule has 0 atom stereocenters. The third kappa shape index (κ3) is 5.94. The summed E-state index contributed by atoms with van der Waals surface area (Å²) >= 11 is 11.8. The van der Waals surface area contributed by atoms with Crippen molar-refractivity contribution in [2.24, 2.45) is 0 Å².